The van der Waals surface area contributed by atoms with E-state index in [2.05, 4.69) is 32.0 Å². The SMILES string of the molecule is CC[C@H]1CCCCN1C(=O)CSc1nnc(CSc2ncccn2)n1C. The number of hydrogen-bond donors (Lipinski definition) is 0. The predicted molar refractivity (Wildman–Crippen MR) is 103 cm³/mol. The van der Waals surface area contributed by atoms with E-state index in [0.717, 1.165) is 41.9 Å². The molecular weight excluding hydrogens is 368 g/mol. The van der Waals surface area contributed by atoms with Crippen molar-refractivity contribution in [1.29, 1.82) is 0 Å². The van der Waals surface area contributed by atoms with Gasteiger partial charge in [-0.1, -0.05) is 30.4 Å². The molecule has 0 saturated carbocycles. The Morgan fingerprint density at radius 3 is 2.81 bits per heavy atom. The van der Waals surface area contributed by atoms with Gasteiger partial charge in [-0.25, -0.2) is 9.97 Å². The molecule has 0 unspecified atom stereocenters. The summed E-state index contributed by atoms with van der Waals surface area (Å²) in [6.07, 6.45) is 7.94. The van der Waals surface area contributed by atoms with Crippen LogP contribution in [0.25, 0.3) is 0 Å². The van der Waals surface area contributed by atoms with Gasteiger partial charge in [0.15, 0.2) is 10.3 Å². The van der Waals surface area contributed by atoms with Crippen LogP contribution in [0.2, 0.25) is 0 Å². The zero-order chi connectivity index (χ0) is 18.4. The van der Waals surface area contributed by atoms with Crippen LogP contribution in [0, 0.1) is 0 Å². The number of piperidine rings is 1. The molecule has 9 heteroatoms. The van der Waals surface area contributed by atoms with Crippen molar-refractivity contribution in [1.82, 2.24) is 29.6 Å². The topological polar surface area (TPSA) is 76.8 Å². The number of carbonyl (C=O) groups is 1. The van der Waals surface area contributed by atoms with Crippen molar-refractivity contribution in [2.75, 3.05) is 12.3 Å². The normalized spacial score (nSPS) is 17.5. The quantitative estimate of drug-likeness (QED) is 0.530. The zero-order valence-corrected chi connectivity index (χ0v) is 16.8. The van der Waals surface area contributed by atoms with E-state index in [9.17, 15) is 4.79 Å². The van der Waals surface area contributed by atoms with E-state index >= 15 is 0 Å². The average Bonchev–Trinajstić information content (AvgIpc) is 3.05. The molecule has 3 rings (SSSR count). The first-order chi connectivity index (χ1) is 12.7. The molecule has 26 heavy (non-hydrogen) atoms. The molecule has 1 saturated heterocycles. The van der Waals surface area contributed by atoms with Gasteiger partial charge in [-0.15, -0.1) is 10.2 Å². The van der Waals surface area contributed by atoms with Crippen molar-refractivity contribution >= 4 is 29.4 Å². The van der Waals surface area contributed by atoms with Crippen molar-refractivity contribution in [3.8, 4) is 0 Å². The van der Waals surface area contributed by atoms with Crippen molar-refractivity contribution in [3.63, 3.8) is 0 Å². The Kier molecular flexibility index (Phi) is 6.90. The van der Waals surface area contributed by atoms with E-state index in [0.29, 0.717) is 17.5 Å². The lowest BCUT2D eigenvalue weighted by atomic mass is 10.0. The highest BCUT2D eigenvalue weighted by Gasteiger charge is 2.25. The zero-order valence-electron chi connectivity index (χ0n) is 15.2. The standard InChI is InChI=1S/C17H24N6OS2/c1-3-13-7-4-5-10-23(13)15(24)12-26-17-21-20-14(22(17)2)11-25-16-18-8-6-9-19-16/h6,8-9,13H,3-5,7,10-12H2,1-2H3/t13-/m0/s1. The van der Waals surface area contributed by atoms with Crippen LogP contribution >= 0.6 is 23.5 Å². The van der Waals surface area contributed by atoms with E-state index in [1.54, 1.807) is 18.5 Å². The maximum absolute atomic E-state index is 12.6. The molecule has 0 radical (unpaired) electrons. The average molecular weight is 393 g/mol. The lowest BCUT2D eigenvalue weighted by molar-refractivity contribution is -0.132. The molecule has 1 aliphatic rings. The van der Waals surface area contributed by atoms with E-state index in [-0.39, 0.29) is 5.91 Å². The fourth-order valence-electron chi connectivity index (χ4n) is 3.05. The maximum atomic E-state index is 12.6. The van der Waals surface area contributed by atoms with Crippen LogP contribution in [0.15, 0.2) is 28.8 Å². The number of carbonyl (C=O) groups excluding carboxylic acids is 1. The van der Waals surface area contributed by atoms with E-state index in [1.807, 2.05) is 11.6 Å². The number of thioether (sulfide) groups is 2. The van der Waals surface area contributed by atoms with E-state index < -0.39 is 0 Å². The summed E-state index contributed by atoms with van der Waals surface area (Å²) < 4.78 is 1.95. The first-order valence-electron chi connectivity index (χ1n) is 8.89. The number of nitrogens with zero attached hydrogens (tertiary/aromatic N) is 6. The smallest absolute Gasteiger partial charge is 0.233 e. The van der Waals surface area contributed by atoms with E-state index in [4.69, 9.17) is 0 Å². The van der Waals surface area contributed by atoms with Gasteiger partial charge < -0.3 is 9.47 Å². The number of likely N-dealkylation sites (tertiary alicyclic amines) is 1. The van der Waals surface area contributed by atoms with Gasteiger partial charge in [0.2, 0.25) is 5.91 Å². The third-order valence-electron chi connectivity index (χ3n) is 4.54. The summed E-state index contributed by atoms with van der Waals surface area (Å²) in [5.74, 6) is 2.11. The van der Waals surface area contributed by atoms with Crippen LogP contribution in [0.4, 0.5) is 0 Å². The Labute approximate surface area is 162 Å². The number of aromatic nitrogens is 5. The van der Waals surface area contributed by atoms with Gasteiger partial charge >= 0.3 is 0 Å². The number of rotatable bonds is 7. The van der Waals surface area contributed by atoms with Crippen LogP contribution in [0.5, 0.6) is 0 Å². The highest BCUT2D eigenvalue weighted by atomic mass is 32.2. The summed E-state index contributed by atoms with van der Waals surface area (Å²) >= 11 is 2.98. The first kappa shape index (κ1) is 19.2. The Bertz CT molecular complexity index is 723. The monoisotopic (exact) mass is 392 g/mol. The summed E-state index contributed by atoms with van der Waals surface area (Å²) in [6, 6.07) is 2.19. The Hall–Kier alpha value is -1.61. The molecule has 140 valence electrons. The van der Waals surface area contributed by atoms with Crippen LogP contribution in [-0.4, -0.2) is 53.9 Å². The molecule has 2 aromatic rings. The highest BCUT2D eigenvalue weighted by Crippen LogP contribution is 2.24. The summed E-state index contributed by atoms with van der Waals surface area (Å²) in [6.45, 7) is 3.04. The third-order valence-corrected chi connectivity index (χ3v) is 6.42. The van der Waals surface area contributed by atoms with Crippen LogP contribution < -0.4 is 0 Å². The van der Waals surface area contributed by atoms with Gasteiger partial charge in [-0.05, 0) is 31.7 Å². The molecule has 0 bridgehead atoms. The molecule has 0 aliphatic carbocycles. The molecule has 2 aromatic heterocycles. The summed E-state index contributed by atoms with van der Waals surface area (Å²) in [7, 11) is 1.93. The van der Waals surface area contributed by atoms with Crippen molar-refractivity contribution < 1.29 is 4.79 Å². The van der Waals surface area contributed by atoms with Gasteiger partial charge in [0.1, 0.15) is 5.82 Å². The lowest BCUT2D eigenvalue weighted by Gasteiger charge is -2.35. The van der Waals surface area contributed by atoms with Crippen LogP contribution in [0.1, 0.15) is 38.4 Å². The highest BCUT2D eigenvalue weighted by molar-refractivity contribution is 7.99. The third kappa shape index (κ3) is 4.76. The minimum Gasteiger partial charge on any atom is -0.339 e. The summed E-state index contributed by atoms with van der Waals surface area (Å²) in [5, 5.41) is 9.97. The van der Waals surface area contributed by atoms with Crippen LogP contribution in [0.3, 0.4) is 0 Å². The van der Waals surface area contributed by atoms with Crippen LogP contribution in [-0.2, 0) is 17.6 Å². The maximum Gasteiger partial charge on any atom is 0.233 e. The molecule has 1 aliphatic heterocycles. The fourth-order valence-corrected chi connectivity index (χ4v) is 4.64. The molecule has 0 spiro atoms. The molecule has 3 heterocycles. The fraction of sp³-hybridized carbons (Fsp3) is 0.588. The largest absolute Gasteiger partial charge is 0.339 e. The Morgan fingerprint density at radius 2 is 2.04 bits per heavy atom. The van der Waals surface area contributed by atoms with Gasteiger partial charge in [0.25, 0.3) is 0 Å². The van der Waals surface area contributed by atoms with Gasteiger partial charge in [0, 0.05) is 32.0 Å². The van der Waals surface area contributed by atoms with Gasteiger partial charge in [-0.3, -0.25) is 4.79 Å². The second kappa shape index (κ2) is 9.36. The molecule has 0 aromatic carbocycles. The van der Waals surface area contributed by atoms with Gasteiger partial charge in [0.05, 0.1) is 11.5 Å². The molecule has 1 atom stereocenters. The van der Waals surface area contributed by atoms with Crippen molar-refractivity contribution in [2.24, 2.45) is 7.05 Å². The first-order valence-corrected chi connectivity index (χ1v) is 10.9. The molecule has 1 fully saturated rings. The predicted octanol–water partition coefficient (Wildman–Crippen LogP) is 2.78. The Morgan fingerprint density at radius 1 is 1.23 bits per heavy atom. The number of hydrogen-bond acceptors (Lipinski definition) is 7. The molecule has 7 nitrogen and oxygen atoms in total. The van der Waals surface area contributed by atoms with Crippen molar-refractivity contribution in [2.45, 2.75) is 54.7 Å². The lowest BCUT2D eigenvalue weighted by Crippen LogP contribution is -2.44. The molecular formula is C17H24N6OS2. The minimum absolute atomic E-state index is 0.207. The second-order valence-corrected chi connectivity index (χ2v) is 8.10. The second-order valence-electron chi connectivity index (χ2n) is 6.21. The van der Waals surface area contributed by atoms with Gasteiger partial charge in [-0.2, -0.15) is 0 Å². The minimum atomic E-state index is 0.207. The number of amides is 1. The Balaban J connectivity index is 1.54. The summed E-state index contributed by atoms with van der Waals surface area (Å²) in [5.41, 5.74) is 0. The van der Waals surface area contributed by atoms with E-state index in [1.165, 1.54) is 29.9 Å². The summed E-state index contributed by atoms with van der Waals surface area (Å²) in [4.78, 5) is 23.0. The molecule has 1 amide bonds. The van der Waals surface area contributed by atoms with Crippen molar-refractivity contribution in [3.05, 3.63) is 24.3 Å². The molecule has 0 N–H and O–H groups in total.